The lowest BCUT2D eigenvalue weighted by Crippen LogP contribution is -2.32. The summed E-state index contributed by atoms with van der Waals surface area (Å²) in [5, 5.41) is 4.97. The highest BCUT2D eigenvalue weighted by Gasteiger charge is 2.25. The number of hydrogen-bond donors (Lipinski definition) is 1. The second-order valence-corrected chi connectivity index (χ2v) is 10.2. The fourth-order valence-corrected chi connectivity index (χ4v) is 5.15. The number of nitrogens with zero attached hydrogens (tertiary/aromatic N) is 2. The van der Waals surface area contributed by atoms with Crippen LogP contribution >= 0.6 is 27.3 Å². The Morgan fingerprint density at radius 2 is 1.83 bits per heavy atom. The Hall–Kier alpha value is -1.37. The van der Waals surface area contributed by atoms with Gasteiger partial charge < -0.3 is 14.8 Å². The minimum atomic E-state index is -3.72. The van der Waals surface area contributed by atoms with Crippen molar-refractivity contribution in [3.63, 3.8) is 0 Å². The molecule has 0 bridgehead atoms. The molecule has 0 radical (unpaired) electrons. The molecule has 166 valence electrons. The van der Waals surface area contributed by atoms with Crippen molar-refractivity contribution >= 4 is 43.2 Å². The molecule has 30 heavy (non-hydrogen) atoms. The molecule has 0 saturated carbocycles. The van der Waals surface area contributed by atoms with Crippen molar-refractivity contribution in [2.24, 2.45) is 0 Å². The van der Waals surface area contributed by atoms with E-state index < -0.39 is 10.0 Å². The highest BCUT2D eigenvalue weighted by molar-refractivity contribution is 9.10. The standard InChI is InChI=1S/C19H26BrN3O5S2/c1-27-11-3-9-21-19(24)17-14-29-18(22-17)13-23(10-4-12-28-2)30(25,26)16-7-5-15(20)6-8-16/h5-8,14H,3-4,9-13H2,1-2H3,(H,21,24). The van der Waals surface area contributed by atoms with Crippen molar-refractivity contribution in [3.05, 3.63) is 44.8 Å². The Kier molecular flexibility index (Phi) is 10.4. The Balaban J connectivity index is 2.12. The summed E-state index contributed by atoms with van der Waals surface area (Å²) in [4.78, 5) is 16.7. The summed E-state index contributed by atoms with van der Waals surface area (Å²) in [5.74, 6) is -0.282. The molecule has 2 rings (SSSR count). The Labute approximate surface area is 189 Å². The van der Waals surface area contributed by atoms with Crippen LogP contribution in [0.25, 0.3) is 0 Å². The van der Waals surface area contributed by atoms with Crippen LogP contribution in [0.1, 0.15) is 28.3 Å². The topological polar surface area (TPSA) is 97.8 Å². The molecule has 1 N–H and O–H groups in total. The van der Waals surface area contributed by atoms with E-state index in [9.17, 15) is 13.2 Å². The van der Waals surface area contributed by atoms with Crippen LogP contribution in [0.4, 0.5) is 0 Å². The molecule has 0 fully saturated rings. The number of benzene rings is 1. The summed E-state index contributed by atoms with van der Waals surface area (Å²) >= 11 is 4.58. The van der Waals surface area contributed by atoms with Crippen LogP contribution in [0.3, 0.4) is 0 Å². The maximum atomic E-state index is 13.1. The number of thiazole rings is 1. The molecule has 1 heterocycles. The number of hydrogen-bond acceptors (Lipinski definition) is 7. The van der Waals surface area contributed by atoms with Crippen molar-refractivity contribution in [2.75, 3.05) is 40.5 Å². The van der Waals surface area contributed by atoms with E-state index >= 15 is 0 Å². The van der Waals surface area contributed by atoms with Gasteiger partial charge in [0, 0.05) is 50.4 Å². The Morgan fingerprint density at radius 3 is 2.50 bits per heavy atom. The van der Waals surface area contributed by atoms with Crippen LogP contribution in [0.2, 0.25) is 0 Å². The van der Waals surface area contributed by atoms with E-state index in [1.54, 1.807) is 43.9 Å². The SMILES string of the molecule is COCCCNC(=O)c1csc(CN(CCCOC)S(=O)(=O)c2ccc(Br)cc2)n1. The number of amides is 1. The molecule has 1 aromatic heterocycles. The number of halogens is 1. The zero-order valence-corrected chi connectivity index (χ0v) is 20.2. The van der Waals surface area contributed by atoms with Gasteiger partial charge in [0.2, 0.25) is 10.0 Å². The van der Waals surface area contributed by atoms with Gasteiger partial charge in [0.1, 0.15) is 10.7 Å². The maximum Gasteiger partial charge on any atom is 0.270 e. The molecule has 0 aliphatic carbocycles. The lowest BCUT2D eigenvalue weighted by atomic mass is 10.4. The number of carbonyl (C=O) groups excluding carboxylic acids is 1. The van der Waals surface area contributed by atoms with E-state index in [4.69, 9.17) is 9.47 Å². The summed E-state index contributed by atoms with van der Waals surface area (Å²) in [6.07, 6.45) is 1.25. The first-order chi connectivity index (χ1) is 14.4. The average Bonchev–Trinajstić information content (AvgIpc) is 3.19. The number of sulfonamides is 1. The van der Waals surface area contributed by atoms with Gasteiger partial charge in [0.15, 0.2) is 0 Å². The quantitative estimate of drug-likeness (QED) is 0.408. The predicted molar refractivity (Wildman–Crippen MR) is 119 cm³/mol. The van der Waals surface area contributed by atoms with E-state index in [2.05, 4.69) is 26.2 Å². The molecule has 1 amide bonds. The van der Waals surface area contributed by atoms with Gasteiger partial charge in [0.05, 0.1) is 11.4 Å². The molecule has 0 spiro atoms. The van der Waals surface area contributed by atoms with Gasteiger partial charge >= 0.3 is 0 Å². The molecule has 11 heteroatoms. The maximum absolute atomic E-state index is 13.1. The summed E-state index contributed by atoms with van der Waals surface area (Å²) in [7, 11) is -0.537. The number of nitrogens with one attached hydrogen (secondary N) is 1. The highest BCUT2D eigenvalue weighted by atomic mass is 79.9. The van der Waals surface area contributed by atoms with E-state index in [-0.39, 0.29) is 29.6 Å². The summed E-state index contributed by atoms with van der Waals surface area (Å²) in [6, 6.07) is 6.50. The largest absolute Gasteiger partial charge is 0.385 e. The lowest BCUT2D eigenvalue weighted by molar-refractivity contribution is 0.0944. The zero-order chi connectivity index (χ0) is 22.0. The molecular formula is C19H26BrN3O5S2. The lowest BCUT2D eigenvalue weighted by Gasteiger charge is -2.21. The van der Waals surface area contributed by atoms with Gasteiger partial charge in [-0.25, -0.2) is 13.4 Å². The summed E-state index contributed by atoms with van der Waals surface area (Å²) in [5.41, 5.74) is 0.283. The molecule has 0 aliphatic rings. The Morgan fingerprint density at radius 1 is 1.17 bits per heavy atom. The van der Waals surface area contributed by atoms with Gasteiger partial charge in [-0.1, -0.05) is 15.9 Å². The second kappa shape index (κ2) is 12.5. The van der Waals surface area contributed by atoms with E-state index in [0.29, 0.717) is 37.6 Å². The molecule has 8 nitrogen and oxygen atoms in total. The van der Waals surface area contributed by atoms with Crippen LogP contribution < -0.4 is 5.32 Å². The van der Waals surface area contributed by atoms with Gasteiger partial charge in [-0.2, -0.15) is 4.31 Å². The smallest absolute Gasteiger partial charge is 0.270 e. The number of methoxy groups -OCH3 is 2. The first-order valence-electron chi connectivity index (χ1n) is 9.34. The molecular weight excluding hydrogens is 494 g/mol. The van der Waals surface area contributed by atoms with Crippen molar-refractivity contribution < 1.29 is 22.7 Å². The van der Waals surface area contributed by atoms with Crippen LogP contribution in [0.5, 0.6) is 0 Å². The average molecular weight is 520 g/mol. The van der Waals surface area contributed by atoms with E-state index in [0.717, 1.165) is 4.47 Å². The highest BCUT2D eigenvalue weighted by Crippen LogP contribution is 2.22. The van der Waals surface area contributed by atoms with Crippen LogP contribution in [0.15, 0.2) is 39.0 Å². The van der Waals surface area contributed by atoms with Crippen molar-refractivity contribution in [2.45, 2.75) is 24.3 Å². The monoisotopic (exact) mass is 519 g/mol. The predicted octanol–water partition coefficient (Wildman–Crippen LogP) is 2.90. The van der Waals surface area contributed by atoms with E-state index in [1.807, 2.05) is 0 Å². The molecule has 0 saturated heterocycles. The minimum absolute atomic E-state index is 0.0870. The number of aromatic nitrogens is 1. The molecule has 0 atom stereocenters. The van der Waals surface area contributed by atoms with Crippen molar-refractivity contribution in [3.8, 4) is 0 Å². The fourth-order valence-electron chi connectivity index (χ4n) is 2.57. The molecule has 0 unspecified atom stereocenters. The molecule has 2 aromatic rings. The minimum Gasteiger partial charge on any atom is -0.385 e. The third kappa shape index (κ3) is 7.40. The molecule has 1 aromatic carbocycles. The summed E-state index contributed by atoms with van der Waals surface area (Å²) in [6.45, 7) is 1.86. The normalized spacial score (nSPS) is 11.7. The first-order valence-corrected chi connectivity index (χ1v) is 12.5. The van der Waals surface area contributed by atoms with Gasteiger partial charge in [-0.3, -0.25) is 4.79 Å². The first kappa shape index (κ1) is 24.9. The van der Waals surface area contributed by atoms with E-state index in [1.165, 1.54) is 15.6 Å². The van der Waals surface area contributed by atoms with Crippen molar-refractivity contribution in [1.29, 1.82) is 0 Å². The number of carbonyl (C=O) groups is 1. The van der Waals surface area contributed by atoms with Gasteiger partial charge in [-0.15, -0.1) is 11.3 Å². The fraction of sp³-hybridized carbons (Fsp3) is 0.474. The number of rotatable bonds is 13. The van der Waals surface area contributed by atoms with Gasteiger partial charge in [0.25, 0.3) is 5.91 Å². The third-order valence-corrected chi connectivity index (χ3v) is 7.34. The summed E-state index contributed by atoms with van der Waals surface area (Å²) < 4.78 is 38.5. The third-order valence-electron chi connectivity index (χ3n) is 4.11. The zero-order valence-electron chi connectivity index (χ0n) is 17.0. The molecule has 0 aliphatic heterocycles. The number of ether oxygens (including phenoxy) is 2. The Bertz CT molecular complexity index is 903. The van der Waals surface area contributed by atoms with Crippen LogP contribution in [0, 0.1) is 0 Å². The van der Waals surface area contributed by atoms with Gasteiger partial charge in [-0.05, 0) is 37.1 Å². The van der Waals surface area contributed by atoms with Crippen LogP contribution in [-0.4, -0.2) is 64.1 Å². The van der Waals surface area contributed by atoms with Crippen LogP contribution in [-0.2, 0) is 26.0 Å². The van der Waals surface area contributed by atoms with Crippen molar-refractivity contribution in [1.82, 2.24) is 14.6 Å². The second-order valence-electron chi connectivity index (χ2n) is 6.37.